The number of rotatable bonds is 6. The topological polar surface area (TPSA) is 57.3 Å². The Morgan fingerprint density at radius 2 is 2.42 bits per heavy atom. The highest BCUT2D eigenvalue weighted by Gasteiger charge is 2.32. The van der Waals surface area contributed by atoms with Crippen molar-refractivity contribution in [1.82, 2.24) is 15.2 Å². The van der Waals surface area contributed by atoms with E-state index < -0.39 is 0 Å². The van der Waals surface area contributed by atoms with E-state index in [9.17, 15) is 4.79 Å². The second-order valence-electron chi connectivity index (χ2n) is 5.34. The molecular weight excluding hydrogens is 260 g/mol. The molecule has 1 aromatic heterocycles. The maximum atomic E-state index is 12.0. The van der Waals surface area contributed by atoms with E-state index in [1.54, 1.807) is 6.20 Å². The van der Waals surface area contributed by atoms with E-state index >= 15 is 0 Å². The van der Waals surface area contributed by atoms with Gasteiger partial charge in [-0.25, -0.2) is 4.98 Å². The SMILES string of the molecule is O=C(CN(CC1CCCN1)C1CC1)Nc1nccs1. The van der Waals surface area contributed by atoms with Crippen LogP contribution < -0.4 is 10.6 Å². The van der Waals surface area contributed by atoms with Gasteiger partial charge in [0.05, 0.1) is 6.54 Å². The number of carbonyl (C=O) groups excluding carboxylic acids is 1. The third-order valence-corrected chi connectivity index (χ3v) is 4.39. The van der Waals surface area contributed by atoms with Crippen LogP contribution >= 0.6 is 11.3 Å². The third-order valence-electron chi connectivity index (χ3n) is 3.71. The summed E-state index contributed by atoms with van der Waals surface area (Å²) in [6, 6.07) is 1.18. The second-order valence-corrected chi connectivity index (χ2v) is 6.23. The number of nitrogens with zero attached hydrogens (tertiary/aromatic N) is 2. The fourth-order valence-electron chi connectivity index (χ4n) is 2.61. The van der Waals surface area contributed by atoms with Gasteiger partial charge in [0.15, 0.2) is 5.13 Å². The number of anilines is 1. The van der Waals surface area contributed by atoms with Gasteiger partial charge in [0, 0.05) is 30.2 Å². The minimum Gasteiger partial charge on any atom is -0.313 e. The van der Waals surface area contributed by atoms with Crippen molar-refractivity contribution >= 4 is 22.4 Å². The average molecular weight is 280 g/mol. The van der Waals surface area contributed by atoms with Crippen LogP contribution in [0.15, 0.2) is 11.6 Å². The summed E-state index contributed by atoms with van der Waals surface area (Å²) in [6.45, 7) is 2.60. The number of carbonyl (C=O) groups is 1. The Morgan fingerprint density at radius 1 is 1.53 bits per heavy atom. The van der Waals surface area contributed by atoms with E-state index in [4.69, 9.17) is 0 Å². The van der Waals surface area contributed by atoms with E-state index in [0.717, 1.165) is 13.1 Å². The molecule has 2 fully saturated rings. The fraction of sp³-hybridized carbons (Fsp3) is 0.692. The van der Waals surface area contributed by atoms with Gasteiger partial charge in [-0.15, -0.1) is 11.3 Å². The van der Waals surface area contributed by atoms with Gasteiger partial charge >= 0.3 is 0 Å². The molecule has 2 N–H and O–H groups in total. The molecule has 1 atom stereocenters. The van der Waals surface area contributed by atoms with Crippen molar-refractivity contribution < 1.29 is 4.79 Å². The van der Waals surface area contributed by atoms with E-state index in [1.165, 1.54) is 37.0 Å². The van der Waals surface area contributed by atoms with Crippen molar-refractivity contribution in [2.45, 2.75) is 37.8 Å². The van der Waals surface area contributed by atoms with Crippen LogP contribution in [0.25, 0.3) is 0 Å². The van der Waals surface area contributed by atoms with Gasteiger partial charge in [-0.1, -0.05) is 0 Å². The first kappa shape index (κ1) is 13.0. The molecule has 0 aromatic carbocycles. The summed E-state index contributed by atoms with van der Waals surface area (Å²) in [5.74, 6) is 0.0554. The molecule has 6 heteroatoms. The molecular formula is C13H20N4OS. The molecule has 3 rings (SSSR count). The number of amides is 1. The van der Waals surface area contributed by atoms with E-state index in [1.807, 2.05) is 5.38 Å². The van der Waals surface area contributed by atoms with Crippen LogP contribution in [0.2, 0.25) is 0 Å². The molecule has 1 amide bonds. The minimum absolute atomic E-state index is 0.0554. The molecule has 0 radical (unpaired) electrons. The van der Waals surface area contributed by atoms with Crippen LogP contribution in [-0.4, -0.2) is 47.5 Å². The lowest BCUT2D eigenvalue weighted by Crippen LogP contribution is -2.42. The molecule has 104 valence electrons. The summed E-state index contributed by atoms with van der Waals surface area (Å²) in [7, 11) is 0. The van der Waals surface area contributed by atoms with E-state index in [-0.39, 0.29) is 5.91 Å². The van der Waals surface area contributed by atoms with Crippen molar-refractivity contribution in [3.63, 3.8) is 0 Å². The minimum atomic E-state index is 0.0554. The molecule has 19 heavy (non-hydrogen) atoms. The van der Waals surface area contributed by atoms with Gasteiger partial charge in [-0.3, -0.25) is 9.69 Å². The number of aromatic nitrogens is 1. The standard InChI is InChI=1S/C13H20N4OS/c18-12(16-13-15-6-7-19-13)9-17(11-3-4-11)8-10-2-1-5-14-10/h6-7,10-11,14H,1-5,8-9H2,(H,15,16,18). The van der Waals surface area contributed by atoms with Crippen molar-refractivity contribution in [1.29, 1.82) is 0 Å². The molecule has 2 aliphatic rings. The summed E-state index contributed by atoms with van der Waals surface area (Å²) in [6.07, 6.45) is 6.67. The van der Waals surface area contributed by atoms with Crippen LogP contribution in [0.5, 0.6) is 0 Å². The van der Waals surface area contributed by atoms with Crippen molar-refractivity contribution in [2.24, 2.45) is 0 Å². The van der Waals surface area contributed by atoms with Crippen LogP contribution in [0, 0.1) is 0 Å². The molecule has 1 saturated carbocycles. The predicted octanol–water partition coefficient (Wildman–Crippen LogP) is 1.30. The first-order valence-corrected chi connectivity index (χ1v) is 7.86. The Labute approximate surface area is 117 Å². The summed E-state index contributed by atoms with van der Waals surface area (Å²) < 4.78 is 0. The Kier molecular flexibility index (Phi) is 4.10. The predicted molar refractivity (Wildman–Crippen MR) is 76.4 cm³/mol. The quantitative estimate of drug-likeness (QED) is 0.824. The number of hydrogen-bond donors (Lipinski definition) is 2. The summed E-state index contributed by atoms with van der Waals surface area (Å²) >= 11 is 1.46. The summed E-state index contributed by atoms with van der Waals surface area (Å²) in [5, 5.41) is 8.94. The van der Waals surface area contributed by atoms with Gasteiger partial charge in [-0.05, 0) is 32.2 Å². The molecule has 1 saturated heterocycles. The second kappa shape index (κ2) is 5.98. The molecule has 1 aromatic rings. The largest absolute Gasteiger partial charge is 0.313 e. The lowest BCUT2D eigenvalue weighted by molar-refractivity contribution is -0.117. The molecule has 5 nitrogen and oxygen atoms in total. The van der Waals surface area contributed by atoms with Crippen molar-refractivity contribution in [2.75, 3.05) is 25.0 Å². The first-order valence-electron chi connectivity index (χ1n) is 6.98. The maximum absolute atomic E-state index is 12.0. The highest BCUT2D eigenvalue weighted by Crippen LogP contribution is 2.27. The smallest absolute Gasteiger partial charge is 0.240 e. The zero-order valence-electron chi connectivity index (χ0n) is 11.0. The highest BCUT2D eigenvalue weighted by molar-refractivity contribution is 7.13. The van der Waals surface area contributed by atoms with E-state index in [2.05, 4.69) is 20.5 Å². The third kappa shape index (κ3) is 3.75. The lowest BCUT2D eigenvalue weighted by Gasteiger charge is -2.24. The van der Waals surface area contributed by atoms with Crippen LogP contribution in [0.4, 0.5) is 5.13 Å². The Morgan fingerprint density at radius 3 is 3.05 bits per heavy atom. The number of hydrogen-bond acceptors (Lipinski definition) is 5. The Bertz CT molecular complexity index is 412. The average Bonchev–Trinajstić information content (AvgIpc) is 2.87. The number of nitrogens with one attached hydrogen (secondary N) is 2. The van der Waals surface area contributed by atoms with Gasteiger partial charge < -0.3 is 10.6 Å². The van der Waals surface area contributed by atoms with Gasteiger partial charge in [-0.2, -0.15) is 0 Å². The monoisotopic (exact) mass is 280 g/mol. The summed E-state index contributed by atoms with van der Waals surface area (Å²) in [4.78, 5) is 18.4. The van der Waals surface area contributed by atoms with Crippen LogP contribution in [0.3, 0.4) is 0 Å². The van der Waals surface area contributed by atoms with Crippen molar-refractivity contribution in [3.8, 4) is 0 Å². The summed E-state index contributed by atoms with van der Waals surface area (Å²) in [5.41, 5.74) is 0. The fourth-order valence-corrected chi connectivity index (χ4v) is 3.15. The molecule has 1 unspecified atom stereocenters. The number of thiazole rings is 1. The van der Waals surface area contributed by atoms with Gasteiger partial charge in [0.1, 0.15) is 0 Å². The van der Waals surface area contributed by atoms with E-state index in [0.29, 0.717) is 23.8 Å². The molecule has 0 bridgehead atoms. The zero-order chi connectivity index (χ0) is 13.1. The van der Waals surface area contributed by atoms with Gasteiger partial charge in [0.2, 0.25) is 5.91 Å². The normalized spacial score (nSPS) is 22.9. The Balaban J connectivity index is 1.50. The maximum Gasteiger partial charge on any atom is 0.240 e. The zero-order valence-corrected chi connectivity index (χ0v) is 11.8. The molecule has 1 aliphatic heterocycles. The highest BCUT2D eigenvalue weighted by atomic mass is 32.1. The first-order chi connectivity index (χ1) is 9.31. The van der Waals surface area contributed by atoms with Crippen LogP contribution in [0.1, 0.15) is 25.7 Å². The molecule has 0 spiro atoms. The molecule has 2 heterocycles. The Hall–Kier alpha value is -0.980. The van der Waals surface area contributed by atoms with Gasteiger partial charge in [0.25, 0.3) is 0 Å². The molecule has 1 aliphatic carbocycles. The van der Waals surface area contributed by atoms with Crippen LogP contribution in [-0.2, 0) is 4.79 Å². The lowest BCUT2D eigenvalue weighted by atomic mass is 10.2. The van der Waals surface area contributed by atoms with Crippen molar-refractivity contribution in [3.05, 3.63) is 11.6 Å².